The van der Waals surface area contributed by atoms with Crippen molar-refractivity contribution in [3.63, 3.8) is 0 Å². The van der Waals surface area contributed by atoms with Gasteiger partial charge < -0.3 is 4.42 Å². The molecule has 0 saturated heterocycles. The number of pyridine rings is 2. The van der Waals surface area contributed by atoms with Gasteiger partial charge in [-0.2, -0.15) is 0 Å². The summed E-state index contributed by atoms with van der Waals surface area (Å²) in [6.45, 7) is 5.90. The molecule has 9 rings (SSSR count). The van der Waals surface area contributed by atoms with Gasteiger partial charge in [-0.15, -0.1) is 9.13 Å². The fraction of sp³-hybridized carbons (Fsp3) is 0.189. The van der Waals surface area contributed by atoms with E-state index >= 15 is 0 Å². The van der Waals surface area contributed by atoms with Gasteiger partial charge in [0.25, 0.3) is 0 Å². The van der Waals surface area contributed by atoms with Gasteiger partial charge >= 0.3 is 5.66 Å². The maximum absolute atomic E-state index is 9.16. The summed E-state index contributed by atoms with van der Waals surface area (Å²) in [6, 6.07) is 28.0. The molecule has 0 N–H and O–H groups in total. The van der Waals surface area contributed by atoms with Crippen LogP contribution in [0, 0.1) is 5.41 Å². The average Bonchev–Trinajstić information content (AvgIpc) is 3.74. The molecule has 2 aliphatic heterocycles. The highest BCUT2D eigenvalue weighted by molar-refractivity contribution is 6.12. The second-order valence-electron chi connectivity index (χ2n) is 12.3. The highest BCUT2D eigenvalue weighted by Crippen LogP contribution is 2.50. The van der Waals surface area contributed by atoms with Crippen LogP contribution >= 0.6 is 0 Å². The topological polar surface area (TPSA) is 20.9 Å². The van der Waals surface area contributed by atoms with Crippen LogP contribution in [0.15, 0.2) is 102 Å². The molecule has 40 heavy (non-hydrogen) atoms. The summed E-state index contributed by atoms with van der Waals surface area (Å²) in [5.41, 5.74) is 10.4. The normalized spacial score (nSPS) is 19.0. The van der Waals surface area contributed by atoms with Gasteiger partial charge in [-0.25, -0.2) is 0 Å². The molecule has 1 aliphatic carbocycles. The molecule has 3 aliphatic rings. The number of hydrogen-bond acceptors (Lipinski definition) is 1. The molecule has 0 saturated carbocycles. The molecule has 0 fully saturated rings. The van der Waals surface area contributed by atoms with E-state index < -0.39 is 17.5 Å². The average molecular weight is 521 g/mol. The second-order valence-corrected chi connectivity index (χ2v) is 12.3. The van der Waals surface area contributed by atoms with E-state index in [4.69, 9.17) is 7.16 Å². The standard InChI is InChI=1S/C37H30N2O/c1-36(2,3)22-23-18-20-39-32(21-23)33-30(37(39)29-12-5-4-10-28(29)31-13-6-7-19-38(31)37)17-16-27-26-15-14-24-9-8-11-25(24)34(26)40-35(27)33/h4-8,10-21H,9,22H2,1-3H3/q+2/i22D2. The third kappa shape index (κ3) is 2.65. The smallest absolute Gasteiger partial charge is 0.417 e. The SMILES string of the molecule is [2H]C([2H])(c1cc[n+]2c(c1)-c1c(ccc3c1oc1c4c(ccc13)CC=C4)C21c2ccccc2-c2cccc[n+]21)C(C)(C)C. The lowest BCUT2D eigenvalue weighted by Crippen LogP contribution is -2.71. The quantitative estimate of drug-likeness (QED) is 0.204. The molecule has 0 bridgehead atoms. The molecule has 5 heterocycles. The Balaban J connectivity index is 1.46. The van der Waals surface area contributed by atoms with Crippen LogP contribution in [0.5, 0.6) is 0 Å². The van der Waals surface area contributed by atoms with Gasteiger partial charge in [-0.05, 0) is 59.7 Å². The van der Waals surface area contributed by atoms with Crippen molar-refractivity contribution in [2.45, 2.75) is 39.2 Å². The fourth-order valence-corrected chi connectivity index (χ4v) is 7.40. The van der Waals surface area contributed by atoms with Crippen LogP contribution < -0.4 is 9.13 Å². The largest absolute Gasteiger partial charge is 0.454 e. The molecular formula is C37H30N2O+2. The van der Waals surface area contributed by atoms with Gasteiger partial charge in [-0.3, -0.25) is 0 Å². The molecule has 1 unspecified atom stereocenters. The number of furan rings is 1. The maximum atomic E-state index is 9.16. The van der Waals surface area contributed by atoms with Crippen molar-refractivity contribution < 1.29 is 16.3 Å². The van der Waals surface area contributed by atoms with E-state index in [0.29, 0.717) is 5.56 Å². The third-order valence-electron chi connectivity index (χ3n) is 8.80. The Kier molecular flexibility index (Phi) is 3.76. The summed E-state index contributed by atoms with van der Waals surface area (Å²) < 4.78 is 29.9. The van der Waals surface area contributed by atoms with Gasteiger partial charge in [0.15, 0.2) is 12.4 Å². The van der Waals surface area contributed by atoms with Crippen molar-refractivity contribution in [1.82, 2.24) is 0 Å². The Morgan fingerprint density at radius 3 is 2.52 bits per heavy atom. The monoisotopic (exact) mass is 520 g/mol. The van der Waals surface area contributed by atoms with E-state index in [0.717, 1.165) is 50.9 Å². The number of aromatic nitrogens is 2. The van der Waals surface area contributed by atoms with E-state index in [-0.39, 0.29) is 0 Å². The van der Waals surface area contributed by atoms with Crippen LogP contribution in [-0.4, -0.2) is 0 Å². The lowest BCUT2D eigenvalue weighted by Gasteiger charge is -2.19. The number of allylic oxidation sites excluding steroid dienone is 1. The van der Waals surface area contributed by atoms with Crippen LogP contribution in [0.2, 0.25) is 0 Å². The Labute approximate surface area is 236 Å². The first-order valence-electron chi connectivity index (χ1n) is 15.1. The molecule has 3 aromatic carbocycles. The summed E-state index contributed by atoms with van der Waals surface area (Å²) in [5, 5.41) is 2.20. The van der Waals surface area contributed by atoms with Crippen molar-refractivity contribution in [2.75, 3.05) is 0 Å². The zero-order valence-electron chi connectivity index (χ0n) is 24.8. The van der Waals surface area contributed by atoms with E-state index in [1.807, 2.05) is 26.8 Å². The fourth-order valence-electron chi connectivity index (χ4n) is 7.40. The minimum absolute atomic E-state index is 0.579. The Morgan fingerprint density at radius 2 is 1.62 bits per heavy atom. The highest BCUT2D eigenvalue weighted by Gasteiger charge is 2.67. The predicted octanol–water partition coefficient (Wildman–Crippen LogP) is 7.58. The van der Waals surface area contributed by atoms with Crippen LogP contribution in [0.3, 0.4) is 0 Å². The molecule has 192 valence electrons. The highest BCUT2D eigenvalue weighted by atomic mass is 16.3. The summed E-state index contributed by atoms with van der Waals surface area (Å²) in [4.78, 5) is 0. The Hall–Kier alpha value is -4.50. The van der Waals surface area contributed by atoms with Crippen molar-refractivity contribution in [2.24, 2.45) is 5.41 Å². The number of fused-ring (bicyclic) bond motifs is 16. The minimum atomic E-state index is -1.54. The summed E-state index contributed by atoms with van der Waals surface area (Å²) in [5.74, 6) is 0. The molecular weight excluding hydrogens is 488 g/mol. The second kappa shape index (κ2) is 7.37. The van der Waals surface area contributed by atoms with Crippen LogP contribution in [0.1, 0.15) is 51.3 Å². The Morgan fingerprint density at radius 1 is 0.825 bits per heavy atom. The lowest BCUT2D eigenvalue weighted by molar-refractivity contribution is -0.955. The zero-order chi connectivity index (χ0) is 28.6. The van der Waals surface area contributed by atoms with E-state index in [1.54, 1.807) is 0 Å². The first-order valence-corrected chi connectivity index (χ1v) is 14.1. The molecule has 0 amide bonds. The van der Waals surface area contributed by atoms with Gasteiger partial charge in [0.05, 0.1) is 5.56 Å². The molecule has 3 aromatic heterocycles. The van der Waals surface area contributed by atoms with Gasteiger partial charge in [0.1, 0.15) is 27.9 Å². The number of nitrogens with zero attached hydrogens (tertiary/aromatic N) is 2. The van der Waals surface area contributed by atoms with Gasteiger partial charge in [-0.1, -0.05) is 57.2 Å². The zero-order valence-corrected chi connectivity index (χ0v) is 22.8. The number of rotatable bonds is 1. The summed E-state index contributed by atoms with van der Waals surface area (Å²) in [7, 11) is 0. The van der Waals surface area contributed by atoms with Gasteiger partial charge in [0.2, 0.25) is 11.4 Å². The van der Waals surface area contributed by atoms with Gasteiger partial charge in [0, 0.05) is 43.3 Å². The summed E-state index contributed by atoms with van der Waals surface area (Å²) in [6.07, 6.45) is 8.03. The van der Waals surface area contributed by atoms with Crippen LogP contribution in [0.4, 0.5) is 0 Å². The van der Waals surface area contributed by atoms with E-state index in [9.17, 15) is 0 Å². The van der Waals surface area contributed by atoms with Crippen LogP contribution in [-0.2, 0) is 18.5 Å². The van der Waals surface area contributed by atoms with E-state index in [2.05, 4.69) is 106 Å². The van der Waals surface area contributed by atoms with E-state index in [1.165, 1.54) is 22.3 Å². The van der Waals surface area contributed by atoms with Crippen molar-refractivity contribution in [1.29, 1.82) is 0 Å². The predicted molar refractivity (Wildman–Crippen MR) is 159 cm³/mol. The van der Waals surface area contributed by atoms with Crippen LogP contribution in [0.25, 0.3) is 50.5 Å². The molecule has 3 heteroatoms. The molecule has 1 spiro atoms. The summed E-state index contributed by atoms with van der Waals surface area (Å²) >= 11 is 0. The van der Waals surface area contributed by atoms with Crippen molar-refractivity contribution in [3.8, 4) is 22.5 Å². The number of hydrogen-bond donors (Lipinski definition) is 0. The first-order chi connectivity index (χ1) is 20.2. The lowest BCUT2D eigenvalue weighted by atomic mass is 9.88. The minimum Gasteiger partial charge on any atom is -0.454 e. The Bertz CT molecular complexity index is 2150. The third-order valence-corrected chi connectivity index (χ3v) is 8.80. The van der Waals surface area contributed by atoms with Crippen molar-refractivity contribution in [3.05, 3.63) is 125 Å². The molecule has 6 aromatic rings. The molecule has 3 nitrogen and oxygen atoms in total. The maximum Gasteiger partial charge on any atom is 0.417 e. The first kappa shape index (κ1) is 20.4. The molecule has 1 atom stereocenters. The molecule has 0 radical (unpaired) electrons. The number of benzene rings is 3. The van der Waals surface area contributed by atoms with Crippen molar-refractivity contribution >= 4 is 28.0 Å².